The zero-order valence-corrected chi connectivity index (χ0v) is 16.6. The molecule has 5 nitrogen and oxygen atoms in total. The minimum Gasteiger partial charge on any atom is -0.475 e. The highest BCUT2D eigenvalue weighted by Gasteiger charge is 2.44. The molecule has 1 aromatic carbocycles. The summed E-state index contributed by atoms with van der Waals surface area (Å²) in [7, 11) is 1.92. The number of piperidine rings is 2. The summed E-state index contributed by atoms with van der Waals surface area (Å²) in [6, 6.07) is 5.30. The fourth-order valence-corrected chi connectivity index (χ4v) is 3.94. The third-order valence-electron chi connectivity index (χ3n) is 5.78. The molecule has 1 spiro atoms. The lowest BCUT2D eigenvalue weighted by atomic mass is 9.72. The number of alkyl halides is 3. The van der Waals surface area contributed by atoms with Crippen LogP contribution in [0.2, 0.25) is 0 Å². The molecule has 1 aromatic rings. The van der Waals surface area contributed by atoms with Crippen LogP contribution in [0.25, 0.3) is 0 Å². The average Bonchev–Trinajstić information content (AvgIpc) is 2.65. The van der Waals surface area contributed by atoms with Crippen LogP contribution in [0.4, 0.5) is 17.6 Å². The lowest BCUT2D eigenvalue weighted by Crippen LogP contribution is -2.52. The number of hydrogen-bond donors (Lipinski definition) is 1. The first-order valence-electron chi connectivity index (χ1n) is 9.48. The molecule has 0 radical (unpaired) electrons. The number of hydrogen-bond acceptors (Lipinski definition) is 3. The van der Waals surface area contributed by atoms with Gasteiger partial charge in [0, 0.05) is 20.1 Å². The van der Waals surface area contributed by atoms with Crippen LogP contribution in [0.1, 0.15) is 36.8 Å². The van der Waals surface area contributed by atoms with Crippen LogP contribution in [0.15, 0.2) is 18.2 Å². The molecule has 0 saturated carbocycles. The number of carbonyl (C=O) groups excluding carboxylic acids is 1. The lowest BCUT2D eigenvalue weighted by molar-refractivity contribution is -0.192. The van der Waals surface area contributed by atoms with E-state index in [4.69, 9.17) is 9.90 Å². The van der Waals surface area contributed by atoms with E-state index in [2.05, 4.69) is 4.90 Å². The molecule has 2 saturated heterocycles. The van der Waals surface area contributed by atoms with E-state index in [0.717, 1.165) is 63.0 Å². The number of likely N-dealkylation sites (tertiary alicyclic amines) is 2. The first-order valence-corrected chi connectivity index (χ1v) is 9.48. The van der Waals surface area contributed by atoms with Gasteiger partial charge in [0.05, 0.1) is 5.41 Å². The van der Waals surface area contributed by atoms with Crippen LogP contribution in [-0.2, 0) is 16.1 Å². The van der Waals surface area contributed by atoms with Crippen LogP contribution < -0.4 is 0 Å². The number of carboxylic acids is 1. The SMILES string of the molecule is Cc1c(F)cccc1CN1CCC2(CCCN(C)C2=O)CC1.O=C(O)C(F)(F)F. The minimum atomic E-state index is -5.08. The van der Waals surface area contributed by atoms with Gasteiger partial charge in [0.2, 0.25) is 5.91 Å². The summed E-state index contributed by atoms with van der Waals surface area (Å²) in [5.74, 6) is -2.55. The standard InChI is InChI=1S/C18H25FN2O.C2HF3O2/c1-14-15(5-3-6-16(14)19)13-21-11-8-18(9-12-21)7-4-10-20(2)17(18)22;3-2(4,5)1(6)7/h3,5-6H,4,7-13H2,1-2H3;(H,6,7). The summed E-state index contributed by atoms with van der Waals surface area (Å²) in [4.78, 5) is 25.7. The van der Waals surface area contributed by atoms with Gasteiger partial charge in [-0.15, -0.1) is 0 Å². The predicted molar refractivity (Wildman–Crippen MR) is 98.6 cm³/mol. The molecule has 1 amide bonds. The largest absolute Gasteiger partial charge is 0.490 e. The third kappa shape index (κ3) is 5.68. The molecular formula is C20H26F4N2O3. The maximum atomic E-state index is 13.6. The van der Waals surface area contributed by atoms with E-state index in [0.29, 0.717) is 5.91 Å². The normalized spacial score (nSPS) is 19.7. The zero-order valence-electron chi connectivity index (χ0n) is 16.6. The topological polar surface area (TPSA) is 60.9 Å². The van der Waals surface area contributed by atoms with Gasteiger partial charge in [-0.2, -0.15) is 13.2 Å². The van der Waals surface area contributed by atoms with E-state index in [1.165, 1.54) is 6.07 Å². The second-order valence-electron chi connectivity index (χ2n) is 7.71. The maximum absolute atomic E-state index is 13.6. The van der Waals surface area contributed by atoms with Crippen LogP contribution in [0.3, 0.4) is 0 Å². The molecule has 2 fully saturated rings. The third-order valence-corrected chi connectivity index (χ3v) is 5.78. The summed E-state index contributed by atoms with van der Waals surface area (Å²) in [6.07, 6.45) is -1.07. The Hall–Kier alpha value is -2.16. The second kappa shape index (κ2) is 9.11. The Morgan fingerprint density at radius 3 is 2.31 bits per heavy atom. The molecule has 162 valence electrons. The van der Waals surface area contributed by atoms with Crippen molar-refractivity contribution in [3.8, 4) is 0 Å². The smallest absolute Gasteiger partial charge is 0.475 e. The lowest BCUT2D eigenvalue weighted by Gasteiger charge is -2.45. The Kier molecular flexibility index (Phi) is 7.26. The second-order valence-corrected chi connectivity index (χ2v) is 7.71. The van der Waals surface area contributed by atoms with Gasteiger partial charge in [0.1, 0.15) is 5.82 Å². The number of nitrogens with zero attached hydrogens (tertiary/aromatic N) is 2. The monoisotopic (exact) mass is 418 g/mol. The summed E-state index contributed by atoms with van der Waals surface area (Å²) in [5.41, 5.74) is 1.68. The number of aliphatic carboxylic acids is 1. The molecule has 0 unspecified atom stereocenters. The van der Waals surface area contributed by atoms with Gasteiger partial charge in [-0.25, -0.2) is 9.18 Å². The van der Waals surface area contributed by atoms with E-state index in [9.17, 15) is 22.4 Å². The quantitative estimate of drug-likeness (QED) is 0.746. The van der Waals surface area contributed by atoms with Crippen molar-refractivity contribution >= 4 is 11.9 Å². The molecule has 0 aliphatic carbocycles. The van der Waals surface area contributed by atoms with Crippen molar-refractivity contribution in [3.05, 3.63) is 35.1 Å². The number of halogens is 4. The number of carbonyl (C=O) groups is 2. The summed E-state index contributed by atoms with van der Waals surface area (Å²) in [5, 5.41) is 7.12. The number of rotatable bonds is 2. The van der Waals surface area contributed by atoms with E-state index in [-0.39, 0.29) is 11.2 Å². The highest BCUT2D eigenvalue weighted by molar-refractivity contribution is 5.83. The van der Waals surface area contributed by atoms with E-state index in [1.54, 1.807) is 6.07 Å². The van der Waals surface area contributed by atoms with Crippen molar-refractivity contribution < 1.29 is 32.3 Å². The van der Waals surface area contributed by atoms with E-state index < -0.39 is 12.1 Å². The van der Waals surface area contributed by atoms with Gasteiger partial charge in [-0.3, -0.25) is 9.69 Å². The highest BCUT2D eigenvalue weighted by Crippen LogP contribution is 2.40. The molecule has 9 heteroatoms. The number of carboxylic acid groups (broad SMARTS) is 1. The molecule has 3 rings (SSSR count). The fourth-order valence-electron chi connectivity index (χ4n) is 3.94. The van der Waals surface area contributed by atoms with Gasteiger partial charge < -0.3 is 10.0 Å². The molecule has 2 heterocycles. The van der Waals surface area contributed by atoms with Crippen molar-refractivity contribution in [1.29, 1.82) is 0 Å². The van der Waals surface area contributed by atoms with Gasteiger partial charge >= 0.3 is 12.1 Å². The molecule has 0 atom stereocenters. The first kappa shape index (κ1) is 23.1. The fraction of sp³-hybridized carbons (Fsp3) is 0.600. The molecule has 29 heavy (non-hydrogen) atoms. The summed E-state index contributed by atoms with van der Waals surface area (Å²) in [6.45, 7) is 5.37. The van der Waals surface area contributed by atoms with Crippen LogP contribution in [0, 0.1) is 18.2 Å². The number of benzene rings is 1. The van der Waals surface area contributed by atoms with Gasteiger partial charge in [0.15, 0.2) is 0 Å². The van der Waals surface area contributed by atoms with Crippen LogP contribution >= 0.6 is 0 Å². The Bertz CT molecular complexity index is 744. The van der Waals surface area contributed by atoms with Gasteiger partial charge in [0.25, 0.3) is 0 Å². The molecule has 2 aliphatic rings. The maximum Gasteiger partial charge on any atom is 0.490 e. The van der Waals surface area contributed by atoms with Crippen LogP contribution in [-0.4, -0.2) is 59.6 Å². The van der Waals surface area contributed by atoms with Crippen molar-refractivity contribution in [2.75, 3.05) is 26.7 Å². The Morgan fingerprint density at radius 1 is 1.17 bits per heavy atom. The molecule has 2 aliphatic heterocycles. The molecule has 0 aromatic heterocycles. The zero-order chi connectivity index (χ0) is 21.8. The summed E-state index contributed by atoms with van der Waals surface area (Å²) >= 11 is 0. The van der Waals surface area contributed by atoms with Crippen LogP contribution in [0.5, 0.6) is 0 Å². The number of amides is 1. The minimum absolute atomic E-state index is 0.125. The van der Waals surface area contributed by atoms with Crippen molar-refractivity contribution in [2.45, 2.75) is 45.3 Å². The molecule has 1 N–H and O–H groups in total. The molecule has 0 bridgehead atoms. The first-order chi connectivity index (χ1) is 13.5. The van der Waals surface area contributed by atoms with E-state index in [1.807, 2.05) is 24.9 Å². The average molecular weight is 418 g/mol. The predicted octanol–water partition coefficient (Wildman–Crippen LogP) is 3.60. The van der Waals surface area contributed by atoms with Gasteiger partial charge in [-0.05, 0) is 62.9 Å². The van der Waals surface area contributed by atoms with Crippen molar-refractivity contribution in [1.82, 2.24) is 9.80 Å². The Balaban J connectivity index is 0.000000370. The van der Waals surface area contributed by atoms with Crippen molar-refractivity contribution in [2.24, 2.45) is 5.41 Å². The summed E-state index contributed by atoms with van der Waals surface area (Å²) < 4.78 is 45.4. The Labute approximate surface area is 167 Å². The molecular weight excluding hydrogens is 392 g/mol. The van der Waals surface area contributed by atoms with E-state index >= 15 is 0 Å². The van der Waals surface area contributed by atoms with Crippen molar-refractivity contribution in [3.63, 3.8) is 0 Å². The Morgan fingerprint density at radius 2 is 1.76 bits per heavy atom. The van der Waals surface area contributed by atoms with Gasteiger partial charge in [-0.1, -0.05) is 12.1 Å². The highest BCUT2D eigenvalue weighted by atomic mass is 19.4.